The van der Waals surface area contributed by atoms with Crippen LogP contribution < -0.4 is 0 Å². The first-order valence-corrected chi connectivity index (χ1v) is 5.05. The van der Waals surface area contributed by atoms with Gasteiger partial charge in [0.05, 0.1) is 13.2 Å². The Morgan fingerprint density at radius 2 is 1.85 bits per heavy atom. The summed E-state index contributed by atoms with van der Waals surface area (Å²) in [6.45, 7) is 2.50. The first kappa shape index (κ1) is 12.4. The smallest absolute Gasteiger partial charge is 0.305 e. The number of hydrogen-bond donors (Lipinski definition) is 0. The molecule has 0 aromatic rings. The third-order valence-corrected chi connectivity index (χ3v) is 1.74. The van der Waals surface area contributed by atoms with Crippen LogP contribution in [0.25, 0.3) is 0 Å². The summed E-state index contributed by atoms with van der Waals surface area (Å²) >= 11 is 0. The highest BCUT2D eigenvalue weighted by atomic mass is 16.5. The van der Waals surface area contributed by atoms with E-state index in [-0.39, 0.29) is 12.6 Å². The molecule has 0 fully saturated rings. The average molecular weight is 187 g/mol. The summed E-state index contributed by atoms with van der Waals surface area (Å²) in [5.41, 5.74) is 0. The number of ether oxygens (including phenoxy) is 1. The van der Waals surface area contributed by atoms with E-state index in [4.69, 9.17) is 4.74 Å². The molecular formula is C10H19O3. The summed E-state index contributed by atoms with van der Waals surface area (Å²) in [6.07, 6.45) is 4.85. The van der Waals surface area contributed by atoms with Crippen LogP contribution in [0.2, 0.25) is 0 Å². The van der Waals surface area contributed by atoms with E-state index in [1.165, 1.54) is 0 Å². The Morgan fingerprint density at radius 1 is 1.15 bits per heavy atom. The molecule has 0 aliphatic carbocycles. The van der Waals surface area contributed by atoms with Crippen molar-refractivity contribution in [2.75, 3.05) is 13.2 Å². The molecular weight excluding hydrogens is 168 g/mol. The fourth-order valence-corrected chi connectivity index (χ4v) is 1.01. The maximum absolute atomic E-state index is 11.0. The molecule has 0 atom stereocenters. The Morgan fingerprint density at radius 3 is 2.46 bits per heavy atom. The van der Waals surface area contributed by atoms with Crippen molar-refractivity contribution in [3.63, 3.8) is 0 Å². The van der Waals surface area contributed by atoms with Crippen molar-refractivity contribution < 1.29 is 14.6 Å². The molecule has 0 aromatic carbocycles. The third-order valence-electron chi connectivity index (χ3n) is 1.74. The monoisotopic (exact) mass is 187 g/mol. The summed E-state index contributed by atoms with van der Waals surface area (Å²) < 4.78 is 4.90. The summed E-state index contributed by atoms with van der Waals surface area (Å²) in [5.74, 6) is -0.107. The van der Waals surface area contributed by atoms with Gasteiger partial charge in [0.1, 0.15) is 0 Å². The first-order chi connectivity index (χ1) is 6.31. The van der Waals surface area contributed by atoms with Gasteiger partial charge in [0.2, 0.25) is 0 Å². The van der Waals surface area contributed by atoms with Gasteiger partial charge < -0.3 is 4.74 Å². The molecule has 0 aliphatic rings. The lowest BCUT2D eigenvalue weighted by molar-refractivity contribution is -0.143. The number of carbonyl (C=O) groups is 1. The zero-order valence-electron chi connectivity index (χ0n) is 8.38. The van der Waals surface area contributed by atoms with Crippen molar-refractivity contribution in [1.82, 2.24) is 0 Å². The highest BCUT2D eigenvalue weighted by molar-refractivity contribution is 5.69. The first-order valence-electron chi connectivity index (χ1n) is 5.05. The van der Waals surface area contributed by atoms with Gasteiger partial charge in [-0.1, -0.05) is 19.8 Å². The molecule has 0 aromatic heterocycles. The molecule has 0 amide bonds. The predicted octanol–water partition coefficient (Wildman–Crippen LogP) is 2.32. The normalized spacial score (nSPS) is 10.0. The maximum Gasteiger partial charge on any atom is 0.305 e. The standard InChI is InChI=1S/C10H19O3/c1-2-9-13-10(12)7-5-3-4-6-8-11/h2-9H2,1H3. The molecule has 0 rings (SSSR count). The molecule has 0 N–H and O–H groups in total. The van der Waals surface area contributed by atoms with Crippen molar-refractivity contribution in [3.05, 3.63) is 0 Å². The van der Waals surface area contributed by atoms with Crippen LogP contribution in [-0.4, -0.2) is 19.2 Å². The zero-order valence-corrected chi connectivity index (χ0v) is 8.38. The molecule has 0 bridgehead atoms. The summed E-state index contributed by atoms with van der Waals surface area (Å²) in [4.78, 5) is 11.0. The topological polar surface area (TPSA) is 46.2 Å². The van der Waals surface area contributed by atoms with E-state index in [1.807, 2.05) is 6.92 Å². The van der Waals surface area contributed by atoms with E-state index in [0.29, 0.717) is 13.0 Å². The summed E-state index contributed by atoms with van der Waals surface area (Å²) in [5, 5.41) is 10.1. The highest BCUT2D eigenvalue weighted by Crippen LogP contribution is 2.03. The molecule has 13 heavy (non-hydrogen) atoms. The van der Waals surface area contributed by atoms with Gasteiger partial charge in [-0.2, -0.15) is 0 Å². The minimum atomic E-state index is -0.107. The van der Waals surface area contributed by atoms with Crippen LogP contribution >= 0.6 is 0 Å². The fraction of sp³-hybridized carbons (Fsp3) is 0.900. The lowest BCUT2D eigenvalue weighted by Crippen LogP contribution is -2.04. The molecule has 0 unspecified atom stereocenters. The van der Waals surface area contributed by atoms with E-state index in [9.17, 15) is 9.90 Å². The van der Waals surface area contributed by atoms with Gasteiger partial charge in [0.25, 0.3) is 0 Å². The number of esters is 1. The van der Waals surface area contributed by atoms with Gasteiger partial charge in [0.15, 0.2) is 0 Å². The van der Waals surface area contributed by atoms with Crippen molar-refractivity contribution in [1.29, 1.82) is 0 Å². The Kier molecular flexibility index (Phi) is 9.10. The van der Waals surface area contributed by atoms with Gasteiger partial charge >= 0.3 is 5.97 Å². The quantitative estimate of drug-likeness (QED) is 0.432. The predicted molar refractivity (Wildman–Crippen MR) is 49.9 cm³/mol. The van der Waals surface area contributed by atoms with Gasteiger partial charge in [-0.15, -0.1) is 0 Å². The molecule has 3 heteroatoms. The van der Waals surface area contributed by atoms with Crippen molar-refractivity contribution in [2.45, 2.75) is 45.4 Å². The summed E-state index contributed by atoms with van der Waals surface area (Å²) in [6, 6.07) is 0. The third kappa shape index (κ3) is 9.34. The van der Waals surface area contributed by atoms with Crippen molar-refractivity contribution >= 4 is 5.97 Å². The van der Waals surface area contributed by atoms with Crippen LogP contribution in [0.5, 0.6) is 0 Å². The van der Waals surface area contributed by atoms with Crippen molar-refractivity contribution in [2.24, 2.45) is 0 Å². The molecule has 0 saturated carbocycles. The van der Waals surface area contributed by atoms with Gasteiger partial charge in [0, 0.05) is 6.42 Å². The van der Waals surface area contributed by atoms with Gasteiger partial charge in [-0.25, -0.2) is 5.11 Å². The number of carbonyl (C=O) groups excluding carboxylic acids is 1. The minimum Gasteiger partial charge on any atom is -0.466 e. The fourth-order valence-electron chi connectivity index (χ4n) is 1.01. The number of unbranched alkanes of at least 4 members (excludes halogenated alkanes) is 3. The molecule has 0 spiro atoms. The zero-order chi connectivity index (χ0) is 9.94. The number of rotatable bonds is 8. The Hall–Kier alpha value is -0.570. The Balaban J connectivity index is 3.08. The minimum absolute atomic E-state index is 0.000279. The van der Waals surface area contributed by atoms with Crippen LogP contribution in [0.1, 0.15) is 45.4 Å². The van der Waals surface area contributed by atoms with Gasteiger partial charge in [-0.3, -0.25) is 4.79 Å². The molecule has 0 saturated heterocycles. The molecule has 77 valence electrons. The second kappa shape index (κ2) is 9.52. The van der Waals surface area contributed by atoms with Crippen LogP contribution in [0.15, 0.2) is 0 Å². The Labute approximate surface area is 80.1 Å². The van der Waals surface area contributed by atoms with E-state index < -0.39 is 0 Å². The second-order valence-electron chi connectivity index (χ2n) is 3.09. The molecule has 0 aliphatic heterocycles. The van der Waals surface area contributed by atoms with Gasteiger partial charge in [-0.05, 0) is 19.3 Å². The largest absolute Gasteiger partial charge is 0.466 e. The van der Waals surface area contributed by atoms with Crippen LogP contribution in [0.4, 0.5) is 0 Å². The number of hydrogen-bond acceptors (Lipinski definition) is 2. The van der Waals surface area contributed by atoms with E-state index in [0.717, 1.165) is 32.1 Å². The molecule has 1 radical (unpaired) electrons. The molecule has 3 nitrogen and oxygen atoms in total. The van der Waals surface area contributed by atoms with Crippen LogP contribution in [0.3, 0.4) is 0 Å². The second-order valence-corrected chi connectivity index (χ2v) is 3.09. The van der Waals surface area contributed by atoms with E-state index >= 15 is 0 Å². The van der Waals surface area contributed by atoms with Crippen LogP contribution in [-0.2, 0) is 14.6 Å². The Bertz CT molecular complexity index is 123. The van der Waals surface area contributed by atoms with Crippen molar-refractivity contribution in [3.8, 4) is 0 Å². The lowest BCUT2D eigenvalue weighted by Gasteiger charge is -2.02. The van der Waals surface area contributed by atoms with E-state index in [1.54, 1.807) is 0 Å². The SMILES string of the molecule is CCCOC(=O)CCCCCC[O]. The van der Waals surface area contributed by atoms with Crippen LogP contribution in [0, 0.1) is 0 Å². The maximum atomic E-state index is 11.0. The average Bonchev–Trinajstić information content (AvgIpc) is 2.14. The molecule has 0 heterocycles. The summed E-state index contributed by atoms with van der Waals surface area (Å²) in [7, 11) is 0. The highest BCUT2D eigenvalue weighted by Gasteiger charge is 2.00. The lowest BCUT2D eigenvalue weighted by atomic mass is 10.1. The van der Waals surface area contributed by atoms with E-state index in [2.05, 4.69) is 0 Å².